The molecule has 1 aromatic carbocycles. The summed E-state index contributed by atoms with van der Waals surface area (Å²) in [6, 6.07) is 11.5. The number of nitrogens with two attached hydrogens (primary N) is 1. The molecule has 0 unspecified atom stereocenters. The first-order chi connectivity index (χ1) is 9.36. The van der Waals surface area contributed by atoms with Gasteiger partial charge in [0.1, 0.15) is 17.9 Å². The molecule has 0 bridgehead atoms. The maximum atomic E-state index is 5.73. The minimum absolute atomic E-state index is 0.308. The SMILES string of the molecule is NCc1cc(COc2cccc3cccnc23)on1. The topological polar surface area (TPSA) is 74.2 Å². The molecule has 0 amide bonds. The third-order valence-electron chi connectivity index (χ3n) is 2.78. The number of para-hydroxylation sites is 1. The number of rotatable bonds is 4. The molecule has 0 atom stereocenters. The maximum Gasteiger partial charge on any atom is 0.174 e. The fraction of sp³-hybridized carbons (Fsp3) is 0.143. The summed E-state index contributed by atoms with van der Waals surface area (Å²) in [7, 11) is 0. The Labute approximate surface area is 110 Å². The van der Waals surface area contributed by atoms with Crippen molar-refractivity contribution in [1.29, 1.82) is 0 Å². The highest BCUT2D eigenvalue weighted by atomic mass is 16.5. The Hall–Kier alpha value is -2.40. The van der Waals surface area contributed by atoms with E-state index < -0.39 is 0 Å². The molecule has 19 heavy (non-hydrogen) atoms. The smallest absolute Gasteiger partial charge is 0.174 e. The van der Waals surface area contributed by atoms with Crippen molar-refractivity contribution in [3.8, 4) is 5.75 Å². The van der Waals surface area contributed by atoms with Crippen molar-refractivity contribution in [3.05, 3.63) is 54.0 Å². The molecule has 3 aromatic rings. The van der Waals surface area contributed by atoms with Crippen LogP contribution in [0, 0.1) is 0 Å². The maximum absolute atomic E-state index is 5.73. The number of pyridine rings is 1. The number of nitrogens with zero attached hydrogens (tertiary/aromatic N) is 2. The second-order valence-electron chi connectivity index (χ2n) is 4.11. The Kier molecular flexibility index (Phi) is 3.12. The minimum Gasteiger partial charge on any atom is -0.483 e. The number of aromatic nitrogens is 2. The van der Waals surface area contributed by atoms with Crippen LogP contribution >= 0.6 is 0 Å². The van der Waals surface area contributed by atoms with Gasteiger partial charge in [-0.25, -0.2) is 0 Å². The first kappa shape index (κ1) is 11.7. The van der Waals surface area contributed by atoms with E-state index in [2.05, 4.69) is 10.1 Å². The van der Waals surface area contributed by atoms with Crippen LogP contribution in [0.4, 0.5) is 0 Å². The zero-order valence-corrected chi connectivity index (χ0v) is 10.2. The van der Waals surface area contributed by atoms with Gasteiger partial charge in [0.15, 0.2) is 5.76 Å². The van der Waals surface area contributed by atoms with Crippen LogP contribution in [0.3, 0.4) is 0 Å². The molecule has 0 radical (unpaired) electrons. The van der Waals surface area contributed by atoms with E-state index in [-0.39, 0.29) is 0 Å². The lowest BCUT2D eigenvalue weighted by Crippen LogP contribution is -1.96. The Balaban J connectivity index is 1.81. The molecule has 0 saturated carbocycles. The van der Waals surface area contributed by atoms with Gasteiger partial charge in [0.2, 0.25) is 0 Å². The molecule has 2 heterocycles. The fourth-order valence-electron chi connectivity index (χ4n) is 1.86. The van der Waals surface area contributed by atoms with Crippen molar-refractivity contribution >= 4 is 10.9 Å². The van der Waals surface area contributed by atoms with Gasteiger partial charge in [-0.15, -0.1) is 0 Å². The van der Waals surface area contributed by atoms with E-state index in [1.807, 2.05) is 30.3 Å². The van der Waals surface area contributed by atoms with E-state index in [1.54, 1.807) is 12.3 Å². The van der Waals surface area contributed by atoms with E-state index in [0.29, 0.717) is 18.9 Å². The molecular formula is C14H13N3O2. The lowest BCUT2D eigenvalue weighted by molar-refractivity contribution is 0.250. The molecule has 2 N–H and O–H groups in total. The summed E-state index contributed by atoms with van der Waals surface area (Å²) in [6.07, 6.45) is 1.75. The van der Waals surface area contributed by atoms with Gasteiger partial charge >= 0.3 is 0 Å². The zero-order chi connectivity index (χ0) is 13.1. The summed E-state index contributed by atoms with van der Waals surface area (Å²) in [5, 5.41) is 4.86. The average Bonchev–Trinajstić information content (AvgIpc) is 2.93. The van der Waals surface area contributed by atoms with Crippen molar-refractivity contribution in [3.63, 3.8) is 0 Å². The first-order valence-corrected chi connectivity index (χ1v) is 5.98. The number of benzene rings is 1. The summed E-state index contributed by atoms with van der Waals surface area (Å²) >= 11 is 0. The molecule has 2 aromatic heterocycles. The van der Waals surface area contributed by atoms with Crippen LogP contribution < -0.4 is 10.5 Å². The average molecular weight is 255 g/mol. The molecule has 3 rings (SSSR count). The van der Waals surface area contributed by atoms with Gasteiger partial charge in [0.25, 0.3) is 0 Å². The van der Waals surface area contributed by atoms with Crippen molar-refractivity contribution in [2.75, 3.05) is 0 Å². The summed E-state index contributed by atoms with van der Waals surface area (Å²) in [6.45, 7) is 0.669. The van der Waals surface area contributed by atoms with Gasteiger partial charge in [0, 0.05) is 24.2 Å². The van der Waals surface area contributed by atoms with Crippen LogP contribution in [-0.2, 0) is 13.2 Å². The van der Waals surface area contributed by atoms with Crippen molar-refractivity contribution in [1.82, 2.24) is 10.1 Å². The number of ether oxygens (including phenoxy) is 1. The van der Waals surface area contributed by atoms with Crippen LogP contribution in [0.15, 0.2) is 47.1 Å². The van der Waals surface area contributed by atoms with Crippen LogP contribution in [0.2, 0.25) is 0 Å². The third-order valence-corrected chi connectivity index (χ3v) is 2.78. The number of hydrogen-bond donors (Lipinski definition) is 1. The molecule has 5 heteroatoms. The Bertz CT molecular complexity index is 688. The summed E-state index contributed by atoms with van der Waals surface area (Å²) in [5.74, 6) is 1.37. The predicted molar refractivity (Wildman–Crippen MR) is 70.5 cm³/mol. The Morgan fingerprint density at radius 3 is 2.95 bits per heavy atom. The summed E-state index contributed by atoms with van der Waals surface area (Å²) in [4.78, 5) is 4.32. The molecule has 96 valence electrons. The Morgan fingerprint density at radius 2 is 2.11 bits per heavy atom. The monoisotopic (exact) mass is 255 g/mol. The molecule has 0 spiro atoms. The van der Waals surface area contributed by atoms with Crippen LogP contribution in [0.25, 0.3) is 10.9 Å². The molecule has 0 aliphatic rings. The number of hydrogen-bond acceptors (Lipinski definition) is 5. The molecule has 0 saturated heterocycles. The molecular weight excluding hydrogens is 242 g/mol. The van der Waals surface area contributed by atoms with E-state index in [4.69, 9.17) is 15.0 Å². The highest BCUT2D eigenvalue weighted by molar-refractivity contribution is 5.84. The second-order valence-corrected chi connectivity index (χ2v) is 4.11. The lowest BCUT2D eigenvalue weighted by atomic mass is 10.2. The molecule has 0 fully saturated rings. The van der Waals surface area contributed by atoms with Crippen molar-refractivity contribution in [2.24, 2.45) is 5.73 Å². The van der Waals surface area contributed by atoms with E-state index in [0.717, 1.165) is 22.3 Å². The largest absolute Gasteiger partial charge is 0.483 e. The highest BCUT2D eigenvalue weighted by Crippen LogP contribution is 2.23. The molecule has 0 aliphatic heterocycles. The van der Waals surface area contributed by atoms with Gasteiger partial charge in [-0.1, -0.05) is 23.4 Å². The van der Waals surface area contributed by atoms with Gasteiger partial charge in [-0.2, -0.15) is 0 Å². The lowest BCUT2D eigenvalue weighted by Gasteiger charge is -2.06. The van der Waals surface area contributed by atoms with Crippen molar-refractivity contribution in [2.45, 2.75) is 13.2 Å². The van der Waals surface area contributed by atoms with Gasteiger partial charge in [-0.05, 0) is 12.1 Å². The normalized spacial score (nSPS) is 10.8. The van der Waals surface area contributed by atoms with Gasteiger partial charge < -0.3 is 15.0 Å². The summed E-state index contributed by atoms with van der Waals surface area (Å²) in [5.41, 5.74) is 7.03. The van der Waals surface area contributed by atoms with Crippen LogP contribution in [0.5, 0.6) is 5.75 Å². The predicted octanol–water partition coefficient (Wildman–Crippen LogP) is 2.26. The third kappa shape index (κ3) is 2.41. The first-order valence-electron chi connectivity index (χ1n) is 5.98. The van der Waals surface area contributed by atoms with Crippen LogP contribution in [0.1, 0.15) is 11.5 Å². The highest BCUT2D eigenvalue weighted by Gasteiger charge is 2.06. The molecule has 0 aliphatic carbocycles. The summed E-state index contributed by atoms with van der Waals surface area (Å²) < 4.78 is 10.8. The van der Waals surface area contributed by atoms with E-state index in [9.17, 15) is 0 Å². The zero-order valence-electron chi connectivity index (χ0n) is 10.2. The fourth-order valence-corrected chi connectivity index (χ4v) is 1.86. The van der Waals surface area contributed by atoms with Crippen LogP contribution in [-0.4, -0.2) is 10.1 Å². The van der Waals surface area contributed by atoms with E-state index in [1.165, 1.54) is 0 Å². The quantitative estimate of drug-likeness (QED) is 0.774. The second kappa shape index (κ2) is 5.07. The molecule has 5 nitrogen and oxygen atoms in total. The van der Waals surface area contributed by atoms with E-state index >= 15 is 0 Å². The minimum atomic E-state index is 0.308. The number of fused-ring (bicyclic) bond motifs is 1. The standard InChI is InChI=1S/C14H13N3O2/c15-8-11-7-12(19-17-11)9-18-13-5-1-3-10-4-2-6-16-14(10)13/h1-7H,8-9,15H2. The van der Waals surface area contributed by atoms with Gasteiger partial charge in [-0.3, -0.25) is 4.98 Å². The van der Waals surface area contributed by atoms with Gasteiger partial charge in [0.05, 0.1) is 5.69 Å². The Morgan fingerprint density at radius 1 is 1.21 bits per heavy atom. The van der Waals surface area contributed by atoms with Crippen molar-refractivity contribution < 1.29 is 9.26 Å².